The van der Waals surface area contributed by atoms with Crippen molar-refractivity contribution in [2.45, 2.75) is 38.0 Å². The van der Waals surface area contributed by atoms with Crippen molar-refractivity contribution in [2.24, 2.45) is 0 Å². The van der Waals surface area contributed by atoms with Crippen LogP contribution in [0.4, 0.5) is 0 Å². The first-order chi connectivity index (χ1) is 9.65. The Bertz CT molecular complexity index is 478. The zero-order valence-electron chi connectivity index (χ0n) is 11.8. The molecule has 0 radical (unpaired) electrons. The van der Waals surface area contributed by atoms with E-state index in [4.69, 9.17) is 9.47 Å². The fraction of sp³-hybridized carbons (Fsp3) is 0.533. The van der Waals surface area contributed by atoms with E-state index in [2.05, 4.69) is 21.2 Å². The second-order valence-corrected chi connectivity index (χ2v) is 5.84. The molecule has 0 aliphatic heterocycles. The molecule has 1 fully saturated rings. The number of hydrogen-bond acceptors (Lipinski definition) is 4. The van der Waals surface area contributed by atoms with E-state index < -0.39 is 0 Å². The van der Waals surface area contributed by atoms with Crippen molar-refractivity contribution in [3.8, 4) is 0 Å². The minimum Gasteiger partial charge on any atom is -0.465 e. The molecule has 1 aliphatic carbocycles. The maximum Gasteiger partial charge on any atom is 0.337 e. The summed E-state index contributed by atoms with van der Waals surface area (Å²) in [5.41, 5.74) is 1.68. The molecule has 0 aromatic heterocycles. The third-order valence-corrected chi connectivity index (χ3v) is 4.52. The molecule has 4 nitrogen and oxygen atoms in total. The normalized spacial score (nSPS) is 21.9. The molecule has 0 heterocycles. The highest BCUT2D eigenvalue weighted by Crippen LogP contribution is 2.23. The van der Waals surface area contributed by atoms with Crippen LogP contribution in [0, 0.1) is 0 Å². The number of carbonyl (C=O) groups is 1. The highest BCUT2D eigenvalue weighted by atomic mass is 79.9. The van der Waals surface area contributed by atoms with Crippen LogP contribution < -0.4 is 5.32 Å². The van der Waals surface area contributed by atoms with E-state index in [0.29, 0.717) is 17.7 Å². The molecule has 1 saturated carbocycles. The van der Waals surface area contributed by atoms with Crippen molar-refractivity contribution in [1.82, 2.24) is 5.32 Å². The molecule has 1 N–H and O–H groups in total. The lowest BCUT2D eigenvalue weighted by Crippen LogP contribution is -2.36. The summed E-state index contributed by atoms with van der Waals surface area (Å²) in [6.45, 7) is 0.757. The lowest BCUT2D eigenvalue weighted by Gasteiger charge is -2.20. The van der Waals surface area contributed by atoms with Gasteiger partial charge in [0.25, 0.3) is 0 Å². The lowest BCUT2D eigenvalue weighted by atomic mass is 10.1. The summed E-state index contributed by atoms with van der Waals surface area (Å²) in [7, 11) is 3.16. The minimum atomic E-state index is -0.319. The number of hydrogen-bond donors (Lipinski definition) is 1. The van der Waals surface area contributed by atoms with Crippen LogP contribution in [-0.2, 0) is 16.0 Å². The Morgan fingerprint density at radius 1 is 1.40 bits per heavy atom. The molecule has 20 heavy (non-hydrogen) atoms. The van der Waals surface area contributed by atoms with Crippen LogP contribution in [0.3, 0.4) is 0 Å². The summed E-state index contributed by atoms with van der Waals surface area (Å²) >= 11 is 3.51. The topological polar surface area (TPSA) is 47.6 Å². The number of esters is 1. The number of carbonyl (C=O) groups excluding carboxylic acids is 1. The van der Waals surface area contributed by atoms with Crippen molar-refractivity contribution < 1.29 is 14.3 Å². The van der Waals surface area contributed by atoms with Crippen LogP contribution in [0.15, 0.2) is 22.7 Å². The molecule has 0 bridgehead atoms. The van der Waals surface area contributed by atoms with Gasteiger partial charge in [0.05, 0.1) is 18.8 Å². The summed E-state index contributed by atoms with van der Waals surface area (Å²) in [5, 5.41) is 3.53. The van der Waals surface area contributed by atoms with Gasteiger partial charge in [-0.2, -0.15) is 0 Å². The van der Waals surface area contributed by atoms with Gasteiger partial charge in [-0.05, 0) is 37.0 Å². The Morgan fingerprint density at radius 3 is 2.85 bits per heavy atom. The second-order valence-electron chi connectivity index (χ2n) is 4.99. The maximum absolute atomic E-state index is 11.5. The van der Waals surface area contributed by atoms with Gasteiger partial charge in [-0.1, -0.05) is 22.0 Å². The van der Waals surface area contributed by atoms with Gasteiger partial charge in [-0.3, -0.25) is 0 Å². The molecule has 1 aliphatic rings. The smallest absolute Gasteiger partial charge is 0.337 e. The number of methoxy groups -OCH3 is 2. The third-order valence-electron chi connectivity index (χ3n) is 3.78. The van der Waals surface area contributed by atoms with Crippen LogP contribution in [0.1, 0.15) is 35.2 Å². The van der Waals surface area contributed by atoms with Crippen molar-refractivity contribution >= 4 is 21.9 Å². The molecular weight excluding hydrogens is 322 g/mol. The average molecular weight is 342 g/mol. The van der Waals surface area contributed by atoms with E-state index in [1.54, 1.807) is 19.2 Å². The Kier molecular flexibility index (Phi) is 5.57. The standard InChI is InChI=1S/C15H20BrNO3/c1-19-14-5-3-4-13(14)17-9-11-7-6-10(8-12(11)16)15(18)20-2/h6-8,13-14,17H,3-5,9H2,1-2H3. The second kappa shape index (κ2) is 7.20. The van der Waals surface area contributed by atoms with Gasteiger partial charge in [-0.15, -0.1) is 0 Å². The molecule has 2 atom stereocenters. The largest absolute Gasteiger partial charge is 0.465 e. The van der Waals surface area contributed by atoms with E-state index in [0.717, 1.165) is 29.4 Å². The van der Waals surface area contributed by atoms with Crippen LogP contribution in [0.25, 0.3) is 0 Å². The SMILES string of the molecule is COC(=O)c1ccc(CNC2CCCC2OC)c(Br)c1. The van der Waals surface area contributed by atoms with Crippen molar-refractivity contribution in [2.75, 3.05) is 14.2 Å². The van der Waals surface area contributed by atoms with Gasteiger partial charge >= 0.3 is 5.97 Å². The monoisotopic (exact) mass is 341 g/mol. The van der Waals surface area contributed by atoms with Gasteiger partial charge in [0.1, 0.15) is 0 Å². The van der Waals surface area contributed by atoms with E-state index in [1.807, 2.05) is 6.07 Å². The zero-order chi connectivity index (χ0) is 14.5. The number of nitrogens with one attached hydrogen (secondary N) is 1. The summed E-state index contributed by atoms with van der Waals surface area (Å²) < 4.78 is 11.1. The number of benzene rings is 1. The molecular formula is C15H20BrNO3. The molecule has 0 spiro atoms. The first kappa shape index (κ1) is 15.5. The van der Waals surface area contributed by atoms with Crippen LogP contribution in [-0.4, -0.2) is 32.3 Å². The first-order valence-corrected chi connectivity index (χ1v) is 7.58. The van der Waals surface area contributed by atoms with E-state index in [9.17, 15) is 4.79 Å². The van der Waals surface area contributed by atoms with Gasteiger partial charge in [0.15, 0.2) is 0 Å². The lowest BCUT2D eigenvalue weighted by molar-refractivity contribution is 0.0600. The van der Waals surface area contributed by atoms with Gasteiger partial charge < -0.3 is 14.8 Å². The zero-order valence-corrected chi connectivity index (χ0v) is 13.4. The Balaban J connectivity index is 1.98. The fourth-order valence-corrected chi connectivity index (χ4v) is 3.14. The predicted molar refractivity (Wildman–Crippen MR) is 80.8 cm³/mol. The Morgan fingerprint density at radius 2 is 2.20 bits per heavy atom. The quantitative estimate of drug-likeness (QED) is 0.836. The number of ether oxygens (including phenoxy) is 2. The molecule has 0 amide bonds. The van der Waals surface area contributed by atoms with Crippen molar-refractivity contribution in [3.05, 3.63) is 33.8 Å². The Hall–Kier alpha value is -0.910. The minimum absolute atomic E-state index is 0.308. The van der Waals surface area contributed by atoms with Crippen LogP contribution in [0.2, 0.25) is 0 Å². The third kappa shape index (κ3) is 3.59. The van der Waals surface area contributed by atoms with E-state index in [1.165, 1.54) is 13.5 Å². The Labute approximate surface area is 128 Å². The molecule has 110 valence electrons. The fourth-order valence-electron chi connectivity index (χ4n) is 2.62. The molecule has 0 saturated heterocycles. The molecule has 5 heteroatoms. The number of rotatable bonds is 5. The summed E-state index contributed by atoms with van der Waals surface area (Å²) in [5.74, 6) is -0.319. The summed E-state index contributed by atoms with van der Waals surface area (Å²) in [4.78, 5) is 11.5. The molecule has 1 aromatic carbocycles. The maximum atomic E-state index is 11.5. The highest BCUT2D eigenvalue weighted by molar-refractivity contribution is 9.10. The van der Waals surface area contributed by atoms with Gasteiger partial charge in [0, 0.05) is 24.2 Å². The highest BCUT2D eigenvalue weighted by Gasteiger charge is 2.26. The van der Waals surface area contributed by atoms with Gasteiger partial charge in [0.2, 0.25) is 0 Å². The molecule has 2 rings (SSSR count). The van der Waals surface area contributed by atoms with E-state index in [-0.39, 0.29) is 5.97 Å². The van der Waals surface area contributed by atoms with Crippen LogP contribution in [0.5, 0.6) is 0 Å². The average Bonchev–Trinajstić information content (AvgIpc) is 2.92. The van der Waals surface area contributed by atoms with Crippen LogP contribution >= 0.6 is 15.9 Å². The summed E-state index contributed by atoms with van der Waals surface area (Å²) in [6.07, 6.45) is 3.79. The number of halogens is 1. The van der Waals surface area contributed by atoms with Crippen molar-refractivity contribution in [1.29, 1.82) is 0 Å². The molecule has 1 aromatic rings. The first-order valence-electron chi connectivity index (χ1n) is 6.78. The predicted octanol–water partition coefficient (Wildman–Crippen LogP) is 2.89. The molecule has 2 unspecified atom stereocenters. The summed E-state index contributed by atoms with van der Waals surface area (Å²) in [6, 6.07) is 5.94. The van der Waals surface area contributed by atoms with Gasteiger partial charge in [-0.25, -0.2) is 4.79 Å². The van der Waals surface area contributed by atoms with E-state index >= 15 is 0 Å². The van der Waals surface area contributed by atoms with Crippen molar-refractivity contribution in [3.63, 3.8) is 0 Å².